The molecule has 0 spiro atoms. The Morgan fingerprint density at radius 2 is 2.26 bits per heavy atom. The van der Waals surface area contributed by atoms with Crippen molar-refractivity contribution in [3.8, 4) is 0 Å². The number of benzene rings is 1. The van der Waals surface area contributed by atoms with Crippen molar-refractivity contribution in [2.75, 3.05) is 26.7 Å². The van der Waals surface area contributed by atoms with Crippen LogP contribution in [0.15, 0.2) is 30.5 Å². The molecule has 0 aliphatic carbocycles. The zero-order valence-electron chi connectivity index (χ0n) is 13.5. The summed E-state index contributed by atoms with van der Waals surface area (Å²) in [4.78, 5) is 14.3. The van der Waals surface area contributed by atoms with Crippen LogP contribution in [0.2, 0.25) is 0 Å². The molecule has 6 heteroatoms. The maximum Gasteiger partial charge on any atom is 0.227 e. The van der Waals surface area contributed by atoms with Gasteiger partial charge in [-0.3, -0.25) is 9.48 Å². The third kappa shape index (κ3) is 3.71. The number of aryl methyl sites for hydroxylation is 1. The van der Waals surface area contributed by atoms with Crippen LogP contribution < -0.4 is 5.32 Å². The van der Waals surface area contributed by atoms with Crippen LogP contribution in [0.5, 0.6) is 0 Å². The minimum Gasteiger partial charge on any atom is -0.392 e. The zero-order chi connectivity index (χ0) is 16.2. The van der Waals surface area contributed by atoms with Gasteiger partial charge >= 0.3 is 0 Å². The lowest BCUT2D eigenvalue weighted by atomic mass is 9.94. The van der Waals surface area contributed by atoms with Gasteiger partial charge in [0.05, 0.1) is 23.7 Å². The van der Waals surface area contributed by atoms with Gasteiger partial charge < -0.3 is 15.3 Å². The molecule has 124 valence electrons. The Morgan fingerprint density at radius 3 is 3.13 bits per heavy atom. The highest BCUT2D eigenvalue weighted by Crippen LogP contribution is 2.16. The summed E-state index contributed by atoms with van der Waals surface area (Å²) < 4.78 is 1.96. The lowest BCUT2D eigenvalue weighted by Crippen LogP contribution is -2.48. The molecule has 0 bridgehead atoms. The molecule has 1 aliphatic rings. The molecule has 2 N–H and O–H groups in total. The molecule has 1 amide bonds. The van der Waals surface area contributed by atoms with Gasteiger partial charge in [0.2, 0.25) is 5.91 Å². The summed E-state index contributed by atoms with van der Waals surface area (Å²) in [5.74, 6) is -0.367. The summed E-state index contributed by atoms with van der Waals surface area (Å²) in [6.07, 6.45) is 2.81. The van der Waals surface area contributed by atoms with Gasteiger partial charge in [-0.15, -0.1) is 0 Å². The van der Waals surface area contributed by atoms with E-state index >= 15 is 0 Å². The molecule has 1 fully saturated rings. The Balaban J connectivity index is 1.47. The van der Waals surface area contributed by atoms with Crippen molar-refractivity contribution in [2.24, 2.45) is 5.92 Å². The molecule has 23 heavy (non-hydrogen) atoms. The Bertz CT molecular complexity index is 669. The Morgan fingerprint density at radius 1 is 1.43 bits per heavy atom. The summed E-state index contributed by atoms with van der Waals surface area (Å²) in [5, 5.41) is 18.4. The van der Waals surface area contributed by atoms with Crippen molar-refractivity contribution < 1.29 is 9.90 Å². The first kappa shape index (κ1) is 16.0. The van der Waals surface area contributed by atoms with Gasteiger partial charge in [-0.05, 0) is 26.0 Å². The highest BCUT2D eigenvalue weighted by Gasteiger charge is 2.31. The molecule has 2 atom stereocenters. The fourth-order valence-electron chi connectivity index (χ4n) is 3.14. The number of fused-ring (bicyclic) bond motifs is 1. The minimum atomic E-state index is -0.527. The van der Waals surface area contributed by atoms with Crippen LogP contribution >= 0.6 is 0 Å². The average Bonchev–Trinajstić information content (AvgIpc) is 2.97. The van der Waals surface area contributed by atoms with E-state index in [1.807, 2.05) is 36.1 Å². The number of aromatic nitrogens is 2. The molecule has 0 unspecified atom stereocenters. The highest BCUT2D eigenvalue weighted by atomic mass is 16.3. The molecule has 1 aromatic carbocycles. The zero-order valence-corrected chi connectivity index (χ0v) is 13.5. The van der Waals surface area contributed by atoms with Gasteiger partial charge in [-0.2, -0.15) is 5.10 Å². The smallest absolute Gasteiger partial charge is 0.227 e. The summed E-state index contributed by atoms with van der Waals surface area (Å²) in [6, 6.07) is 8.10. The molecule has 0 radical (unpaired) electrons. The third-order valence-corrected chi connectivity index (χ3v) is 4.51. The second kappa shape index (κ2) is 7.10. The predicted molar refractivity (Wildman–Crippen MR) is 89.0 cm³/mol. The van der Waals surface area contributed by atoms with Crippen LogP contribution in [0.1, 0.15) is 12.8 Å². The lowest BCUT2D eigenvalue weighted by molar-refractivity contribution is -0.131. The Labute approximate surface area is 136 Å². The standard InChI is InChI=1S/C17H24N4O2/c1-20-10-7-16(22)14(12-20)17(23)18-8-4-9-21-15-6-3-2-5-13(15)11-19-21/h2-3,5-6,11,14,16,22H,4,7-10,12H2,1H3,(H,18,23)/t14-,16-/m1/s1. The fraction of sp³-hybridized carbons (Fsp3) is 0.529. The Hall–Kier alpha value is -1.92. The van der Waals surface area contributed by atoms with Gasteiger partial charge in [-0.1, -0.05) is 18.2 Å². The quantitative estimate of drug-likeness (QED) is 0.803. The normalized spacial score (nSPS) is 22.3. The van der Waals surface area contributed by atoms with Gasteiger partial charge in [0, 0.05) is 31.6 Å². The van der Waals surface area contributed by atoms with Crippen LogP contribution in [0.4, 0.5) is 0 Å². The van der Waals surface area contributed by atoms with Crippen molar-refractivity contribution in [2.45, 2.75) is 25.5 Å². The molecular formula is C17H24N4O2. The van der Waals surface area contributed by atoms with E-state index in [0.717, 1.165) is 30.4 Å². The van der Waals surface area contributed by atoms with Gasteiger partial charge in [0.1, 0.15) is 0 Å². The number of hydrogen-bond donors (Lipinski definition) is 2. The van der Waals surface area contributed by atoms with E-state index < -0.39 is 6.10 Å². The van der Waals surface area contributed by atoms with Crippen LogP contribution in [0, 0.1) is 5.92 Å². The maximum absolute atomic E-state index is 12.2. The number of nitrogens with zero attached hydrogens (tertiary/aromatic N) is 3. The average molecular weight is 316 g/mol. The minimum absolute atomic E-state index is 0.0469. The number of piperidine rings is 1. The van der Waals surface area contributed by atoms with Crippen molar-refractivity contribution in [1.29, 1.82) is 0 Å². The van der Waals surface area contributed by atoms with E-state index in [9.17, 15) is 9.90 Å². The van der Waals surface area contributed by atoms with E-state index in [-0.39, 0.29) is 11.8 Å². The summed E-state index contributed by atoms with van der Waals surface area (Å²) in [7, 11) is 1.98. The number of para-hydroxylation sites is 1. The number of carbonyl (C=O) groups excluding carboxylic acids is 1. The third-order valence-electron chi connectivity index (χ3n) is 4.51. The molecule has 3 rings (SSSR count). The van der Waals surface area contributed by atoms with Crippen molar-refractivity contribution in [1.82, 2.24) is 20.0 Å². The van der Waals surface area contributed by atoms with Crippen molar-refractivity contribution >= 4 is 16.8 Å². The van der Waals surface area contributed by atoms with Crippen LogP contribution in [0.25, 0.3) is 10.9 Å². The Kier molecular flexibility index (Phi) is 4.93. The lowest BCUT2D eigenvalue weighted by Gasteiger charge is -2.32. The second-order valence-corrected chi connectivity index (χ2v) is 6.30. The van der Waals surface area contributed by atoms with Gasteiger partial charge in [-0.25, -0.2) is 0 Å². The topological polar surface area (TPSA) is 70.4 Å². The first-order valence-electron chi connectivity index (χ1n) is 8.20. The van der Waals surface area contributed by atoms with Gasteiger partial charge in [0.15, 0.2) is 0 Å². The van der Waals surface area contributed by atoms with Crippen LogP contribution in [-0.4, -0.2) is 58.5 Å². The number of likely N-dealkylation sites (tertiary alicyclic amines) is 1. The summed E-state index contributed by atoms with van der Waals surface area (Å²) in [6.45, 7) is 2.83. The number of aliphatic hydroxyl groups is 1. The molecule has 6 nitrogen and oxygen atoms in total. The monoisotopic (exact) mass is 316 g/mol. The molecule has 1 aliphatic heterocycles. The number of aliphatic hydroxyl groups excluding tert-OH is 1. The number of carbonyl (C=O) groups is 1. The predicted octanol–water partition coefficient (Wildman–Crippen LogP) is 0.855. The van der Waals surface area contributed by atoms with E-state index in [4.69, 9.17) is 0 Å². The molecule has 1 saturated heterocycles. The molecule has 2 aromatic rings. The number of hydrogen-bond acceptors (Lipinski definition) is 4. The van der Waals surface area contributed by atoms with Crippen molar-refractivity contribution in [3.05, 3.63) is 30.5 Å². The van der Waals surface area contributed by atoms with Crippen LogP contribution in [-0.2, 0) is 11.3 Å². The molecule has 2 heterocycles. The molecule has 0 saturated carbocycles. The first-order valence-corrected chi connectivity index (χ1v) is 8.20. The van der Waals surface area contributed by atoms with Crippen LogP contribution in [0.3, 0.4) is 0 Å². The number of rotatable bonds is 5. The largest absolute Gasteiger partial charge is 0.392 e. The van der Waals surface area contributed by atoms with E-state index in [1.165, 1.54) is 0 Å². The number of nitrogens with one attached hydrogen (secondary N) is 1. The fourth-order valence-corrected chi connectivity index (χ4v) is 3.14. The molecule has 1 aromatic heterocycles. The van der Waals surface area contributed by atoms with E-state index in [0.29, 0.717) is 19.5 Å². The summed E-state index contributed by atoms with van der Waals surface area (Å²) in [5.41, 5.74) is 1.11. The van der Waals surface area contributed by atoms with Gasteiger partial charge in [0.25, 0.3) is 0 Å². The second-order valence-electron chi connectivity index (χ2n) is 6.30. The SMILES string of the molecule is CN1CC[C@@H](O)[C@H](C(=O)NCCCn2ncc3ccccc32)C1. The highest BCUT2D eigenvalue weighted by molar-refractivity contribution is 5.79. The maximum atomic E-state index is 12.2. The van der Waals surface area contributed by atoms with E-state index in [2.05, 4.69) is 21.4 Å². The first-order chi connectivity index (χ1) is 11.1. The summed E-state index contributed by atoms with van der Waals surface area (Å²) >= 11 is 0. The number of amides is 1. The molecular weight excluding hydrogens is 292 g/mol. The van der Waals surface area contributed by atoms with E-state index in [1.54, 1.807) is 0 Å². The van der Waals surface area contributed by atoms with Crippen molar-refractivity contribution in [3.63, 3.8) is 0 Å².